The van der Waals surface area contributed by atoms with Gasteiger partial charge in [-0.25, -0.2) is 0 Å². The third-order valence-electron chi connectivity index (χ3n) is 4.75. The number of amides is 3. The van der Waals surface area contributed by atoms with Crippen LogP contribution in [0.2, 0.25) is 0 Å². The highest BCUT2D eigenvalue weighted by Gasteiger charge is 2.25. The molecule has 0 bridgehead atoms. The van der Waals surface area contributed by atoms with E-state index in [1.807, 2.05) is 24.1 Å². The van der Waals surface area contributed by atoms with E-state index >= 15 is 0 Å². The maximum Gasteiger partial charge on any atom is 0.262 e. The van der Waals surface area contributed by atoms with Gasteiger partial charge in [0.1, 0.15) is 6.04 Å². The molecule has 3 amide bonds. The van der Waals surface area contributed by atoms with Crippen molar-refractivity contribution in [2.24, 2.45) is 5.92 Å². The monoisotopic (exact) mass is 399 g/mol. The van der Waals surface area contributed by atoms with Gasteiger partial charge in [0.15, 0.2) is 0 Å². The van der Waals surface area contributed by atoms with Gasteiger partial charge in [-0.3, -0.25) is 14.4 Å². The number of nitrogens with zero attached hydrogens (tertiary/aromatic N) is 1. The van der Waals surface area contributed by atoms with Crippen LogP contribution in [0, 0.1) is 5.92 Å². The Labute approximate surface area is 168 Å². The lowest BCUT2D eigenvalue weighted by Gasteiger charge is -2.22. The fourth-order valence-electron chi connectivity index (χ4n) is 3.21. The van der Waals surface area contributed by atoms with E-state index in [0.717, 1.165) is 25.9 Å². The van der Waals surface area contributed by atoms with E-state index < -0.39 is 6.04 Å². The zero-order valence-electron chi connectivity index (χ0n) is 16.1. The van der Waals surface area contributed by atoms with Crippen molar-refractivity contribution in [1.29, 1.82) is 0 Å². The third kappa shape index (κ3) is 4.78. The molecular formula is C21H25N3O3S. The lowest BCUT2D eigenvalue weighted by Crippen LogP contribution is -2.47. The molecule has 148 valence electrons. The van der Waals surface area contributed by atoms with Crippen molar-refractivity contribution in [2.75, 3.05) is 18.4 Å². The molecule has 1 aliphatic heterocycles. The Morgan fingerprint density at radius 3 is 2.46 bits per heavy atom. The second-order valence-electron chi connectivity index (χ2n) is 7.24. The van der Waals surface area contributed by atoms with Crippen molar-refractivity contribution in [2.45, 2.75) is 32.7 Å². The highest BCUT2D eigenvalue weighted by Crippen LogP contribution is 2.17. The number of anilines is 1. The first-order chi connectivity index (χ1) is 13.5. The summed E-state index contributed by atoms with van der Waals surface area (Å²) >= 11 is 1.33. The number of carbonyl (C=O) groups excluding carboxylic acids is 3. The van der Waals surface area contributed by atoms with Crippen LogP contribution < -0.4 is 10.6 Å². The topological polar surface area (TPSA) is 78.5 Å². The largest absolute Gasteiger partial charge is 0.339 e. The van der Waals surface area contributed by atoms with Crippen LogP contribution >= 0.6 is 11.3 Å². The van der Waals surface area contributed by atoms with Crippen molar-refractivity contribution >= 4 is 34.7 Å². The number of carbonyl (C=O) groups is 3. The average Bonchev–Trinajstić information content (AvgIpc) is 3.39. The number of rotatable bonds is 6. The van der Waals surface area contributed by atoms with Crippen molar-refractivity contribution in [1.82, 2.24) is 10.2 Å². The predicted molar refractivity (Wildman–Crippen MR) is 111 cm³/mol. The summed E-state index contributed by atoms with van der Waals surface area (Å²) in [6.07, 6.45) is 2.06. The second-order valence-corrected chi connectivity index (χ2v) is 8.19. The maximum atomic E-state index is 12.8. The Balaban J connectivity index is 1.68. The minimum Gasteiger partial charge on any atom is -0.339 e. The number of thiophene rings is 1. The zero-order valence-corrected chi connectivity index (χ0v) is 16.9. The molecule has 28 heavy (non-hydrogen) atoms. The quantitative estimate of drug-likeness (QED) is 0.782. The minimum absolute atomic E-state index is 0.0139. The Morgan fingerprint density at radius 1 is 1.07 bits per heavy atom. The van der Waals surface area contributed by atoms with Crippen LogP contribution in [0.25, 0.3) is 0 Å². The molecule has 1 aromatic heterocycles. The molecule has 6 nitrogen and oxygen atoms in total. The van der Waals surface area contributed by atoms with Gasteiger partial charge in [-0.2, -0.15) is 0 Å². The van der Waals surface area contributed by atoms with Gasteiger partial charge in [-0.1, -0.05) is 26.0 Å². The Bertz CT molecular complexity index is 842. The molecule has 0 saturated carbocycles. The van der Waals surface area contributed by atoms with E-state index in [0.29, 0.717) is 16.1 Å². The molecule has 0 radical (unpaired) electrons. The van der Waals surface area contributed by atoms with E-state index in [9.17, 15) is 14.4 Å². The van der Waals surface area contributed by atoms with Gasteiger partial charge in [0.2, 0.25) is 5.91 Å². The minimum atomic E-state index is -0.674. The van der Waals surface area contributed by atoms with Crippen molar-refractivity contribution < 1.29 is 14.4 Å². The molecule has 2 aromatic rings. The lowest BCUT2D eigenvalue weighted by molar-refractivity contribution is -0.118. The van der Waals surface area contributed by atoms with Crippen LogP contribution in [0.1, 0.15) is 46.7 Å². The maximum absolute atomic E-state index is 12.8. The van der Waals surface area contributed by atoms with E-state index in [1.165, 1.54) is 11.3 Å². The number of hydrogen-bond acceptors (Lipinski definition) is 4. The van der Waals surface area contributed by atoms with Crippen molar-refractivity contribution in [3.05, 3.63) is 52.2 Å². The van der Waals surface area contributed by atoms with Gasteiger partial charge in [0.05, 0.1) is 4.88 Å². The molecule has 1 atom stereocenters. The standard InChI is InChI=1S/C21H25N3O3S/c1-14(2)18(23-19(25)17-9-6-12-28-17)20(26)22-16-8-5-7-15(13-16)21(27)24-10-3-4-11-24/h5-9,12-14,18H,3-4,10-11H2,1-2H3,(H,22,26)(H,23,25). The van der Waals surface area contributed by atoms with Crippen LogP contribution in [0.4, 0.5) is 5.69 Å². The Hall–Kier alpha value is -2.67. The third-order valence-corrected chi connectivity index (χ3v) is 5.62. The molecule has 1 aliphatic rings. The molecule has 1 saturated heterocycles. The van der Waals surface area contributed by atoms with Gasteiger partial charge in [-0.05, 0) is 48.4 Å². The van der Waals surface area contributed by atoms with E-state index in [1.54, 1.807) is 36.4 Å². The summed E-state index contributed by atoms with van der Waals surface area (Å²) < 4.78 is 0. The summed E-state index contributed by atoms with van der Waals surface area (Å²) in [5.41, 5.74) is 1.11. The molecule has 2 heterocycles. The number of likely N-dealkylation sites (tertiary alicyclic amines) is 1. The molecule has 0 spiro atoms. The predicted octanol–water partition coefficient (Wildman–Crippen LogP) is 3.38. The summed E-state index contributed by atoms with van der Waals surface area (Å²) in [4.78, 5) is 40.1. The van der Waals surface area contributed by atoms with Gasteiger partial charge in [-0.15, -0.1) is 11.3 Å². The highest BCUT2D eigenvalue weighted by molar-refractivity contribution is 7.12. The molecule has 3 rings (SSSR count). The summed E-state index contributed by atoms with van der Waals surface area (Å²) in [6.45, 7) is 5.32. The van der Waals surface area contributed by atoms with E-state index in [-0.39, 0.29) is 23.6 Å². The summed E-state index contributed by atoms with van der Waals surface area (Å²) in [7, 11) is 0. The van der Waals surface area contributed by atoms with Crippen molar-refractivity contribution in [3.8, 4) is 0 Å². The number of benzene rings is 1. The summed E-state index contributed by atoms with van der Waals surface area (Å²) in [6, 6.07) is 9.80. The van der Waals surface area contributed by atoms with Gasteiger partial charge in [0, 0.05) is 24.3 Å². The fourth-order valence-corrected chi connectivity index (χ4v) is 3.83. The molecule has 1 aromatic carbocycles. The van der Waals surface area contributed by atoms with E-state index in [2.05, 4.69) is 10.6 Å². The van der Waals surface area contributed by atoms with E-state index in [4.69, 9.17) is 0 Å². The fraction of sp³-hybridized carbons (Fsp3) is 0.381. The first-order valence-corrected chi connectivity index (χ1v) is 10.4. The number of nitrogens with one attached hydrogen (secondary N) is 2. The Morgan fingerprint density at radius 2 is 1.82 bits per heavy atom. The number of hydrogen-bond donors (Lipinski definition) is 2. The summed E-state index contributed by atoms with van der Waals surface area (Å²) in [5, 5.41) is 7.47. The molecular weight excluding hydrogens is 374 g/mol. The van der Waals surface area contributed by atoms with Gasteiger partial charge in [0.25, 0.3) is 11.8 Å². The van der Waals surface area contributed by atoms with Crippen LogP contribution in [0.3, 0.4) is 0 Å². The molecule has 2 N–H and O–H groups in total. The zero-order chi connectivity index (χ0) is 20.1. The Kier molecular flexibility index (Phi) is 6.46. The SMILES string of the molecule is CC(C)C(NC(=O)c1cccs1)C(=O)Nc1cccc(C(=O)N2CCCC2)c1. The average molecular weight is 400 g/mol. The first-order valence-electron chi connectivity index (χ1n) is 9.50. The smallest absolute Gasteiger partial charge is 0.262 e. The van der Waals surface area contributed by atoms with Crippen LogP contribution in [-0.4, -0.2) is 41.8 Å². The highest BCUT2D eigenvalue weighted by atomic mass is 32.1. The van der Waals surface area contributed by atoms with Crippen LogP contribution in [0.5, 0.6) is 0 Å². The molecule has 0 aliphatic carbocycles. The van der Waals surface area contributed by atoms with Crippen molar-refractivity contribution in [3.63, 3.8) is 0 Å². The van der Waals surface area contributed by atoms with Crippen LogP contribution in [-0.2, 0) is 4.79 Å². The van der Waals surface area contributed by atoms with Gasteiger partial charge < -0.3 is 15.5 Å². The molecule has 1 unspecified atom stereocenters. The molecule has 7 heteroatoms. The lowest BCUT2D eigenvalue weighted by atomic mass is 10.0. The van der Waals surface area contributed by atoms with Crippen LogP contribution in [0.15, 0.2) is 41.8 Å². The summed E-state index contributed by atoms with van der Waals surface area (Å²) in [5.74, 6) is -0.661. The second kappa shape index (κ2) is 9.01. The first kappa shape index (κ1) is 20.1. The van der Waals surface area contributed by atoms with Gasteiger partial charge >= 0.3 is 0 Å². The molecule has 1 fully saturated rings. The normalized spacial score (nSPS) is 14.8.